The summed E-state index contributed by atoms with van der Waals surface area (Å²) in [6.45, 7) is 0. The molecule has 0 saturated heterocycles. The molecule has 0 aliphatic rings. The Balaban J connectivity index is 2.32. The maximum Gasteiger partial charge on any atom is 0.339 e. The van der Waals surface area contributed by atoms with Crippen LogP contribution in [0.3, 0.4) is 0 Å². The van der Waals surface area contributed by atoms with Gasteiger partial charge in [0, 0.05) is 6.20 Å². The third-order valence-corrected chi connectivity index (χ3v) is 2.72. The fourth-order valence-corrected chi connectivity index (χ4v) is 1.73. The summed E-state index contributed by atoms with van der Waals surface area (Å²) in [5.74, 6) is -2.24. The lowest BCUT2D eigenvalue weighted by atomic mass is 10.1. The number of anilines is 1. The Kier molecular flexibility index (Phi) is 4.03. The molecular weight excluding hydrogens is 276 g/mol. The van der Waals surface area contributed by atoms with Gasteiger partial charge in [0.05, 0.1) is 12.8 Å². The number of aromatic nitrogens is 1. The van der Waals surface area contributed by atoms with Crippen LogP contribution in [0.1, 0.15) is 20.7 Å². The topological polar surface area (TPSA) is 109 Å². The SMILES string of the molecule is COc1ncccc1C(=O)Nc1cccc(C(=O)O)c1O. The fourth-order valence-electron chi connectivity index (χ4n) is 1.73. The van der Waals surface area contributed by atoms with Crippen molar-refractivity contribution >= 4 is 17.6 Å². The number of carbonyl (C=O) groups excluding carboxylic acids is 1. The summed E-state index contributed by atoms with van der Waals surface area (Å²) >= 11 is 0. The van der Waals surface area contributed by atoms with Crippen LogP contribution in [0.25, 0.3) is 0 Å². The predicted molar refractivity (Wildman–Crippen MR) is 73.8 cm³/mol. The zero-order chi connectivity index (χ0) is 15.4. The largest absolute Gasteiger partial charge is 0.505 e. The average Bonchev–Trinajstić information content (AvgIpc) is 2.48. The van der Waals surface area contributed by atoms with E-state index in [9.17, 15) is 14.7 Å². The summed E-state index contributed by atoms with van der Waals surface area (Å²) in [4.78, 5) is 27.0. The molecular formula is C14H12N2O5. The first-order valence-electron chi connectivity index (χ1n) is 5.90. The highest BCUT2D eigenvalue weighted by molar-refractivity contribution is 6.07. The van der Waals surface area contributed by atoms with Crippen LogP contribution in [0.2, 0.25) is 0 Å². The van der Waals surface area contributed by atoms with Gasteiger partial charge in [-0.05, 0) is 24.3 Å². The number of carboxylic acid groups (broad SMARTS) is 1. The van der Waals surface area contributed by atoms with Crippen LogP contribution in [0, 0.1) is 0 Å². The number of amides is 1. The molecule has 1 aromatic carbocycles. The Morgan fingerprint density at radius 3 is 2.57 bits per heavy atom. The van der Waals surface area contributed by atoms with Crippen LogP contribution >= 0.6 is 0 Å². The molecule has 1 heterocycles. The van der Waals surface area contributed by atoms with Gasteiger partial charge in [-0.1, -0.05) is 6.07 Å². The maximum atomic E-state index is 12.1. The molecule has 0 fully saturated rings. The van der Waals surface area contributed by atoms with Gasteiger partial charge in [-0.25, -0.2) is 9.78 Å². The minimum atomic E-state index is -1.29. The summed E-state index contributed by atoms with van der Waals surface area (Å²) < 4.78 is 4.97. The van der Waals surface area contributed by atoms with Crippen LogP contribution < -0.4 is 10.1 Å². The first-order valence-corrected chi connectivity index (χ1v) is 5.90. The van der Waals surface area contributed by atoms with Crippen molar-refractivity contribution in [3.63, 3.8) is 0 Å². The molecule has 0 spiro atoms. The Labute approximate surface area is 119 Å². The summed E-state index contributed by atoms with van der Waals surface area (Å²) in [7, 11) is 1.38. The highest BCUT2D eigenvalue weighted by atomic mass is 16.5. The van der Waals surface area contributed by atoms with Crippen LogP contribution in [0.4, 0.5) is 5.69 Å². The molecule has 21 heavy (non-hydrogen) atoms. The lowest BCUT2D eigenvalue weighted by Crippen LogP contribution is -2.14. The molecule has 0 aliphatic carbocycles. The van der Waals surface area contributed by atoms with Crippen molar-refractivity contribution < 1.29 is 24.5 Å². The van der Waals surface area contributed by atoms with Crippen molar-refractivity contribution in [2.75, 3.05) is 12.4 Å². The van der Waals surface area contributed by atoms with Gasteiger partial charge in [-0.3, -0.25) is 4.79 Å². The number of pyridine rings is 1. The van der Waals surface area contributed by atoms with E-state index in [0.29, 0.717) is 0 Å². The van der Waals surface area contributed by atoms with Crippen LogP contribution in [0.15, 0.2) is 36.5 Å². The van der Waals surface area contributed by atoms with E-state index in [2.05, 4.69) is 10.3 Å². The van der Waals surface area contributed by atoms with E-state index in [-0.39, 0.29) is 22.7 Å². The van der Waals surface area contributed by atoms with E-state index in [1.54, 1.807) is 6.07 Å². The highest BCUT2D eigenvalue weighted by Crippen LogP contribution is 2.28. The number of rotatable bonds is 4. The van der Waals surface area contributed by atoms with Gasteiger partial charge in [-0.15, -0.1) is 0 Å². The summed E-state index contributed by atoms with van der Waals surface area (Å²) in [5.41, 5.74) is -0.142. The molecule has 1 aromatic heterocycles. The number of carbonyl (C=O) groups is 2. The van der Waals surface area contributed by atoms with E-state index in [0.717, 1.165) is 0 Å². The molecule has 7 nitrogen and oxygen atoms in total. The summed E-state index contributed by atoms with van der Waals surface area (Å²) in [5, 5.41) is 21.2. The minimum Gasteiger partial charge on any atom is -0.505 e. The lowest BCUT2D eigenvalue weighted by molar-refractivity contribution is 0.0693. The second-order valence-corrected chi connectivity index (χ2v) is 4.02. The monoisotopic (exact) mass is 288 g/mol. The smallest absolute Gasteiger partial charge is 0.339 e. The molecule has 0 aliphatic heterocycles. The number of hydrogen-bond donors (Lipinski definition) is 3. The van der Waals surface area contributed by atoms with E-state index >= 15 is 0 Å². The zero-order valence-corrected chi connectivity index (χ0v) is 11.0. The number of aromatic carboxylic acids is 1. The third-order valence-electron chi connectivity index (χ3n) is 2.72. The molecule has 0 saturated carbocycles. The van der Waals surface area contributed by atoms with E-state index in [1.807, 2.05) is 0 Å². The molecule has 0 unspecified atom stereocenters. The number of hydrogen-bond acceptors (Lipinski definition) is 5. The molecule has 0 atom stereocenters. The van der Waals surface area contributed by atoms with Gasteiger partial charge < -0.3 is 20.3 Å². The number of carboxylic acids is 1. The zero-order valence-electron chi connectivity index (χ0n) is 11.0. The van der Waals surface area contributed by atoms with Gasteiger partial charge in [0.1, 0.15) is 11.1 Å². The minimum absolute atomic E-state index is 0.00851. The number of ether oxygens (including phenoxy) is 1. The normalized spacial score (nSPS) is 9.95. The van der Waals surface area contributed by atoms with Gasteiger partial charge in [-0.2, -0.15) is 0 Å². The maximum absolute atomic E-state index is 12.1. The molecule has 2 rings (SSSR count). The first kappa shape index (κ1) is 14.3. The van der Waals surface area contributed by atoms with Crippen molar-refractivity contribution in [3.8, 4) is 11.6 Å². The van der Waals surface area contributed by atoms with E-state index in [4.69, 9.17) is 9.84 Å². The standard InChI is InChI=1S/C14H12N2O5/c1-21-13-9(5-3-7-15-13)12(18)16-10-6-2-4-8(11(10)17)14(19)20/h2-7,17H,1H3,(H,16,18)(H,19,20). The number of nitrogens with one attached hydrogen (secondary N) is 1. The number of aromatic hydroxyl groups is 1. The van der Waals surface area contributed by atoms with Crippen molar-refractivity contribution in [3.05, 3.63) is 47.7 Å². The first-order chi connectivity index (χ1) is 10.0. The molecule has 0 radical (unpaired) electrons. The number of nitrogens with zero attached hydrogens (tertiary/aromatic N) is 1. The van der Waals surface area contributed by atoms with Gasteiger partial charge in [0.25, 0.3) is 5.91 Å². The Bertz CT molecular complexity index is 700. The van der Waals surface area contributed by atoms with E-state index in [1.165, 1.54) is 37.6 Å². The average molecular weight is 288 g/mol. The number of phenols is 1. The van der Waals surface area contributed by atoms with Gasteiger partial charge >= 0.3 is 5.97 Å². The Morgan fingerprint density at radius 2 is 1.90 bits per heavy atom. The van der Waals surface area contributed by atoms with Crippen LogP contribution in [-0.4, -0.2) is 34.2 Å². The third kappa shape index (κ3) is 2.92. The quantitative estimate of drug-likeness (QED) is 0.739. The van der Waals surface area contributed by atoms with Crippen molar-refractivity contribution in [2.24, 2.45) is 0 Å². The molecule has 3 N–H and O–H groups in total. The van der Waals surface area contributed by atoms with E-state index < -0.39 is 17.6 Å². The molecule has 7 heteroatoms. The molecule has 1 amide bonds. The Hall–Kier alpha value is -3.09. The number of benzene rings is 1. The summed E-state index contributed by atoms with van der Waals surface area (Å²) in [6, 6.07) is 7.10. The van der Waals surface area contributed by atoms with Crippen molar-refractivity contribution in [2.45, 2.75) is 0 Å². The van der Waals surface area contributed by atoms with Crippen LogP contribution in [0.5, 0.6) is 11.6 Å². The second kappa shape index (κ2) is 5.91. The number of methoxy groups -OCH3 is 1. The summed E-state index contributed by atoms with van der Waals surface area (Å²) in [6.07, 6.45) is 1.47. The number of para-hydroxylation sites is 1. The van der Waals surface area contributed by atoms with Crippen molar-refractivity contribution in [1.82, 2.24) is 4.98 Å². The fraction of sp³-hybridized carbons (Fsp3) is 0.0714. The lowest BCUT2D eigenvalue weighted by Gasteiger charge is -2.10. The van der Waals surface area contributed by atoms with Crippen molar-refractivity contribution in [1.29, 1.82) is 0 Å². The molecule has 2 aromatic rings. The Morgan fingerprint density at radius 1 is 1.19 bits per heavy atom. The highest BCUT2D eigenvalue weighted by Gasteiger charge is 2.17. The molecule has 0 bridgehead atoms. The second-order valence-electron chi connectivity index (χ2n) is 4.02. The van der Waals surface area contributed by atoms with Gasteiger partial charge in [0.15, 0.2) is 5.75 Å². The predicted octanol–water partition coefficient (Wildman–Crippen LogP) is 1.75. The molecule has 108 valence electrons. The van der Waals surface area contributed by atoms with Crippen LogP contribution in [-0.2, 0) is 0 Å². The van der Waals surface area contributed by atoms with Gasteiger partial charge in [0.2, 0.25) is 5.88 Å².